The number of hydrogen-bond acceptors (Lipinski definition) is 3. The van der Waals surface area contributed by atoms with Gasteiger partial charge in [0.15, 0.2) is 0 Å². The molecular formula is C52H36N4O. The minimum Gasteiger partial charge on any atom is -0.457 e. The van der Waals surface area contributed by atoms with Crippen LogP contribution in [0.4, 0.5) is 0 Å². The molecule has 0 aliphatic heterocycles. The van der Waals surface area contributed by atoms with Gasteiger partial charge in [0.2, 0.25) is 0 Å². The number of hydrogen-bond donors (Lipinski definition) is 0. The molecule has 0 unspecified atom stereocenters. The molecule has 0 saturated heterocycles. The quantitative estimate of drug-likeness (QED) is 0.177. The third kappa shape index (κ3) is 5.24. The molecule has 3 aromatic heterocycles. The Bertz CT molecular complexity index is 3130. The highest BCUT2D eigenvalue weighted by Crippen LogP contribution is 2.50. The number of fused-ring (bicyclic) bond motifs is 11. The van der Waals surface area contributed by atoms with Crippen LogP contribution in [0.15, 0.2) is 182 Å². The Labute approximate surface area is 330 Å². The predicted molar refractivity (Wildman–Crippen MR) is 232 cm³/mol. The number of rotatable bonds is 5. The first kappa shape index (κ1) is 32.9. The SMILES string of the molecule is Cc1cccc(C)c1-n1c(-c2cccc(Oc3cccc(-n4c5ccccc5c5cccnc54)c3)c2)nc2c1-c1ccccc1-c1ccccc1-c1ccccc1-2. The Balaban J connectivity index is 1.10. The summed E-state index contributed by atoms with van der Waals surface area (Å²) in [6, 6.07) is 61.8. The van der Waals surface area contributed by atoms with Crippen LogP contribution in [0, 0.1) is 13.8 Å². The van der Waals surface area contributed by atoms with Crippen molar-refractivity contribution in [2.24, 2.45) is 0 Å². The molecule has 7 aromatic carbocycles. The number of ether oxygens (including phenoxy) is 1. The molecule has 11 rings (SSSR count). The molecule has 0 bridgehead atoms. The largest absolute Gasteiger partial charge is 0.457 e. The fraction of sp³-hybridized carbons (Fsp3) is 0.0385. The van der Waals surface area contributed by atoms with E-state index in [1.54, 1.807) is 0 Å². The highest BCUT2D eigenvalue weighted by molar-refractivity contribution is 6.08. The number of aromatic nitrogens is 4. The highest BCUT2D eigenvalue weighted by atomic mass is 16.5. The van der Waals surface area contributed by atoms with E-state index in [0.29, 0.717) is 0 Å². The average Bonchev–Trinajstić information content (AvgIpc) is 3.80. The van der Waals surface area contributed by atoms with E-state index in [9.17, 15) is 0 Å². The molecule has 1 aliphatic rings. The first-order valence-electron chi connectivity index (χ1n) is 19.3. The van der Waals surface area contributed by atoms with Crippen LogP contribution in [0.25, 0.3) is 89.5 Å². The van der Waals surface area contributed by atoms with Gasteiger partial charge in [-0.3, -0.25) is 9.13 Å². The Hall–Kier alpha value is -7.50. The van der Waals surface area contributed by atoms with Gasteiger partial charge in [-0.15, -0.1) is 0 Å². The Morgan fingerprint density at radius 3 is 1.81 bits per heavy atom. The van der Waals surface area contributed by atoms with Gasteiger partial charge >= 0.3 is 0 Å². The topological polar surface area (TPSA) is 44.9 Å². The van der Waals surface area contributed by atoms with Crippen LogP contribution < -0.4 is 4.74 Å². The van der Waals surface area contributed by atoms with Crippen LogP contribution in [0.5, 0.6) is 11.5 Å². The normalized spacial score (nSPS) is 11.7. The lowest BCUT2D eigenvalue weighted by molar-refractivity contribution is 0.482. The summed E-state index contributed by atoms with van der Waals surface area (Å²) in [7, 11) is 0. The van der Waals surface area contributed by atoms with Gasteiger partial charge in [0, 0.05) is 39.7 Å². The third-order valence-electron chi connectivity index (χ3n) is 11.2. The van der Waals surface area contributed by atoms with Gasteiger partial charge in [0.25, 0.3) is 0 Å². The second-order valence-electron chi connectivity index (χ2n) is 14.7. The zero-order chi connectivity index (χ0) is 38.0. The van der Waals surface area contributed by atoms with Crippen LogP contribution in [0.3, 0.4) is 0 Å². The van der Waals surface area contributed by atoms with E-state index in [0.717, 1.165) is 78.9 Å². The van der Waals surface area contributed by atoms with Crippen molar-refractivity contribution in [3.05, 3.63) is 193 Å². The lowest BCUT2D eigenvalue weighted by atomic mass is 9.84. The molecule has 3 heterocycles. The van der Waals surface area contributed by atoms with Gasteiger partial charge in [0.1, 0.15) is 23.0 Å². The van der Waals surface area contributed by atoms with Crippen LogP contribution >= 0.6 is 0 Å². The maximum absolute atomic E-state index is 6.72. The standard InChI is InChI=1S/C52H36N4O/c1-33-15-11-16-34(2)49(33)56-50-45-27-8-6-24-42(45)40-22-4-3-21-39(40)41-23-5-7-26-44(41)48(50)54-51(56)35-17-12-19-37(31-35)57-38-20-13-18-36(32-38)55-47-29-10-9-25-43(47)46-28-14-30-53-52(46)55/h3-32H,1-2H3. The Morgan fingerprint density at radius 1 is 0.474 bits per heavy atom. The van der Waals surface area contributed by atoms with Gasteiger partial charge < -0.3 is 4.74 Å². The van der Waals surface area contributed by atoms with Gasteiger partial charge in [0.05, 0.1) is 28.3 Å². The Kier molecular flexibility index (Phi) is 7.54. The molecule has 1 aliphatic carbocycles. The van der Waals surface area contributed by atoms with Crippen molar-refractivity contribution in [2.45, 2.75) is 13.8 Å². The van der Waals surface area contributed by atoms with Crippen molar-refractivity contribution in [3.8, 4) is 79.0 Å². The fourth-order valence-electron chi connectivity index (χ4n) is 8.81. The maximum atomic E-state index is 6.72. The molecule has 0 saturated carbocycles. The summed E-state index contributed by atoms with van der Waals surface area (Å²) >= 11 is 0. The van der Waals surface area contributed by atoms with E-state index in [2.05, 4.69) is 175 Å². The van der Waals surface area contributed by atoms with E-state index in [-0.39, 0.29) is 0 Å². The van der Waals surface area contributed by atoms with Crippen LogP contribution in [-0.4, -0.2) is 19.1 Å². The van der Waals surface area contributed by atoms with E-state index in [1.165, 1.54) is 33.2 Å². The first-order chi connectivity index (χ1) is 28.1. The van der Waals surface area contributed by atoms with Crippen LogP contribution in [0.1, 0.15) is 11.1 Å². The molecule has 10 aromatic rings. The second kappa shape index (κ2) is 13.1. The summed E-state index contributed by atoms with van der Waals surface area (Å²) in [4.78, 5) is 10.4. The molecule has 0 atom stereocenters. The molecule has 0 N–H and O–H groups in total. The summed E-state index contributed by atoms with van der Waals surface area (Å²) in [5, 5.41) is 2.29. The molecule has 5 nitrogen and oxygen atoms in total. The van der Waals surface area contributed by atoms with E-state index in [1.807, 2.05) is 30.5 Å². The number of imidazole rings is 1. The van der Waals surface area contributed by atoms with Gasteiger partial charge in [-0.25, -0.2) is 9.97 Å². The number of aryl methyl sites for hydroxylation is 2. The number of benzene rings is 7. The van der Waals surface area contributed by atoms with Gasteiger partial charge in [-0.2, -0.15) is 0 Å². The van der Waals surface area contributed by atoms with Crippen molar-refractivity contribution < 1.29 is 4.74 Å². The summed E-state index contributed by atoms with van der Waals surface area (Å²) in [6.07, 6.45) is 1.85. The predicted octanol–water partition coefficient (Wildman–Crippen LogP) is 13.4. The van der Waals surface area contributed by atoms with Gasteiger partial charge in [-0.1, -0.05) is 127 Å². The molecular weight excluding hydrogens is 697 g/mol. The second-order valence-corrected chi connectivity index (χ2v) is 14.7. The minimum atomic E-state index is 0.724. The molecule has 0 radical (unpaired) electrons. The number of para-hydroxylation sites is 2. The minimum absolute atomic E-state index is 0.724. The molecule has 57 heavy (non-hydrogen) atoms. The summed E-state index contributed by atoms with van der Waals surface area (Å²) < 4.78 is 11.3. The Morgan fingerprint density at radius 2 is 1.05 bits per heavy atom. The molecule has 270 valence electrons. The molecule has 0 spiro atoms. The van der Waals surface area contributed by atoms with Crippen molar-refractivity contribution in [3.63, 3.8) is 0 Å². The average molecular weight is 733 g/mol. The highest BCUT2D eigenvalue weighted by Gasteiger charge is 2.30. The summed E-state index contributed by atoms with van der Waals surface area (Å²) in [5.41, 5.74) is 16.4. The first-order valence-corrected chi connectivity index (χ1v) is 19.3. The van der Waals surface area contributed by atoms with Gasteiger partial charge in [-0.05, 0) is 89.7 Å². The monoisotopic (exact) mass is 732 g/mol. The fourth-order valence-corrected chi connectivity index (χ4v) is 8.81. The zero-order valence-electron chi connectivity index (χ0n) is 31.5. The van der Waals surface area contributed by atoms with Crippen molar-refractivity contribution >= 4 is 21.9 Å². The molecule has 0 amide bonds. The number of pyridine rings is 1. The van der Waals surface area contributed by atoms with Crippen LogP contribution in [-0.2, 0) is 0 Å². The van der Waals surface area contributed by atoms with E-state index >= 15 is 0 Å². The van der Waals surface area contributed by atoms with Crippen molar-refractivity contribution in [1.82, 2.24) is 19.1 Å². The summed E-state index contributed by atoms with van der Waals surface area (Å²) in [6.45, 7) is 4.38. The van der Waals surface area contributed by atoms with E-state index in [4.69, 9.17) is 14.7 Å². The van der Waals surface area contributed by atoms with Crippen molar-refractivity contribution in [2.75, 3.05) is 0 Å². The maximum Gasteiger partial charge on any atom is 0.145 e. The smallest absolute Gasteiger partial charge is 0.145 e. The zero-order valence-corrected chi connectivity index (χ0v) is 31.5. The molecule has 0 fully saturated rings. The van der Waals surface area contributed by atoms with Crippen LogP contribution in [0.2, 0.25) is 0 Å². The summed E-state index contributed by atoms with van der Waals surface area (Å²) in [5.74, 6) is 2.31. The van der Waals surface area contributed by atoms with E-state index < -0.39 is 0 Å². The van der Waals surface area contributed by atoms with Crippen molar-refractivity contribution in [1.29, 1.82) is 0 Å². The number of nitrogens with zero attached hydrogens (tertiary/aromatic N) is 4. The lowest BCUT2D eigenvalue weighted by Gasteiger charge is -2.23. The molecule has 5 heteroatoms. The third-order valence-corrected chi connectivity index (χ3v) is 11.2. The lowest BCUT2D eigenvalue weighted by Crippen LogP contribution is -2.06.